The Morgan fingerprint density at radius 3 is 2.45 bits per heavy atom. The number of carbonyl (C=O) groups is 1. The highest BCUT2D eigenvalue weighted by molar-refractivity contribution is 6.00. The number of hydrogen-bond donors (Lipinski definition) is 0. The molecule has 3 nitrogen and oxygen atoms in total. The molecule has 150 valence electrons. The average Bonchev–Trinajstić information content (AvgIpc) is 3.26. The minimum Gasteiger partial charge on any atom is -0.496 e. The van der Waals surface area contributed by atoms with Crippen LogP contribution in [0.4, 0.5) is 0 Å². The number of hydrogen-bond acceptors (Lipinski definition) is 3. The van der Waals surface area contributed by atoms with Gasteiger partial charge in [-0.15, -0.1) is 0 Å². The van der Waals surface area contributed by atoms with E-state index in [2.05, 4.69) is 32.6 Å². The van der Waals surface area contributed by atoms with Crippen molar-refractivity contribution in [2.75, 3.05) is 7.11 Å². The molecule has 2 aliphatic rings. The molecule has 2 aliphatic carbocycles. The zero-order valence-electron chi connectivity index (χ0n) is 17.7. The molecule has 2 aromatic carbocycles. The maximum absolute atomic E-state index is 12.5. The van der Waals surface area contributed by atoms with Crippen LogP contribution >= 0.6 is 0 Å². The Labute approximate surface area is 172 Å². The highest BCUT2D eigenvalue weighted by Crippen LogP contribution is 2.61. The fourth-order valence-corrected chi connectivity index (χ4v) is 4.78. The maximum atomic E-state index is 12.5. The zero-order valence-corrected chi connectivity index (χ0v) is 17.7. The van der Waals surface area contributed by atoms with E-state index in [0.29, 0.717) is 17.2 Å². The Morgan fingerprint density at radius 1 is 1.14 bits per heavy atom. The van der Waals surface area contributed by atoms with Crippen LogP contribution in [0.1, 0.15) is 63.0 Å². The Kier molecular flexibility index (Phi) is 5.08. The predicted octanol–water partition coefficient (Wildman–Crippen LogP) is 6.59. The minimum absolute atomic E-state index is 0.284. The van der Waals surface area contributed by atoms with Crippen molar-refractivity contribution in [3.8, 4) is 11.5 Å². The van der Waals surface area contributed by atoms with Crippen LogP contribution in [-0.4, -0.2) is 13.1 Å². The first kappa shape index (κ1) is 19.5. The van der Waals surface area contributed by atoms with Gasteiger partial charge in [0.15, 0.2) is 0 Å². The SMILES string of the molecule is C=C(C)C(=O)Oc1c2c(c(OC)c3ccccc13)C1C=C(CCC=C(C)C)C2C1. The largest absolute Gasteiger partial charge is 0.496 e. The lowest BCUT2D eigenvalue weighted by Crippen LogP contribution is -2.13. The van der Waals surface area contributed by atoms with Gasteiger partial charge in [0.05, 0.1) is 7.11 Å². The molecule has 0 spiro atoms. The van der Waals surface area contributed by atoms with E-state index in [4.69, 9.17) is 9.47 Å². The first-order valence-corrected chi connectivity index (χ1v) is 10.3. The molecule has 2 bridgehead atoms. The van der Waals surface area contributed by atoms with Gasteiger partial charge in [0.2, 0.25) is 0 Å². The van der Waals surface area contributed by atoms with Crippen molar-refractivity contribution < 1.29 is 14.3 Å². The van der Waals surface area contributed by atoms with Crippen LogP contribution in [0, 0.1) is 0 Å². The summed E-state index contributed by atoms with van der Waals surface area (Å²) in [6.07, 6.45) is 7.81. The molecule has 2 atom stereocenters. The molecule has 0 aromatic heterocycles. The van der Waals surface area contributed by atoms with Crippen LogP contribution in [-0.2, 0) is 4.79 Å². The molecule has 0 aliphatic heterocycles. The smallest absolute Gasteiger partial charge is 0.338 e. The number of benzene rings is 2. The van der Waals surface area contributed by atoms with Crippen molar-refractivity contribution in [3.63, 3.8) is 0 Å². The summed E-state index contributed by atoms with van der Waals surface area (Å²) >= 11 is 0. The molecule has 0 radical (unpaired) electrons. The molecule has 0 saturated carbocycles. The highest BCUT2D eigenvalue weighted by Gasteiger charge is 2.43. The first-order chi connectivity index (χ1) is 13.9. The molecule has 2 aromatic rings. The van der Waals surface area contributed by atoms with E-state index >= 15 is 0 Å². The van der Waals surface area contributed by atoms with Gasteiger partial charge in [-0.1, -0.05) is 54.1 Å². The van der Waals surface area contributed by atoms with Gasteiger partial charge in [0.1, 0.15) is 11.5 Å². The van der Waals surface area contributed by atoms with Crippen LogP contribution in [0.5, 0.6) is 11.5 Å². The fourth-order valence-electron chi connectivity index (χ4n) is 4.78. The van der Waals surface area contributed by atoms with E-state index in [1.54, 1.807) is 14.0 Å². The summed E-state index contributed by atoms with van der Waals surface area (Å²) < 4.78 is 11.8. The van der Waals surface area contributed by atoms with Crippen molar-refractivity contribution in [2.45, 2.75) is 51.9 Å². The molecule has 2 unspecified atom stereocenters. The summed E-state index contributed by atoms with van der Waals surface area (Å²) in [7, 11) is 1.73. The van der Waals surface area contributed by atoms with E-state index in [1.165, 1.54) is 16.7 Å². The number of ether oxygens (including phenoxy) is 2. The van der Waals surface area contributed by atoms with Crippen molar-refractivity contribution >= 4 is 16.7 Å². The third kappa shape index (κ3) is 3.29. The quantitative estimate of drug-likeness (QED) is 0.242. The third-order valence-corrected chi connectivity index (χ3v) is 6.00. The van der Waals surface area contributed by atoms with Crippen LogP contribution in [0.15, 0.2) is 59.7 Å². The Hall–Kier alpha value is -2.81. The van der Waals surface area contributed by atoms with Crippen molar-refractivity contribution in [1.29, 1.82) is 0 Å². The van der Waals surface area contributed by atoms with E-state index in [1.807, 2.05) is 24.3 Å². The first-order valence-electron chi connectivity index (χ1n) is 10.3. The number of carbonyl (C=O) groups excluding carboxylic acids is 1. The van der Waals surface area contributed by atoms with Gasteiger partial charge in [-0.2, -0.15) is 0 Å². The number of rotatable bonds is 6. The Balaban J connectivity index is 1.86. The van der Waals surface area contributed by atoms with Crippen LogP contribution in [0.25, 0.3) is 10.8 Å². The summed E-state index contributed by atoms with van der Waals surface area (Å²) in [4.78, 5) is 12.5. The topological polar surface area (TPSA) is 35.5 Å². The summed E-state index contributed by atoms with van der Waals surface area (Å²) in [6.45, 7) is 9.72. The van der Waals surface area contributed by atoms with Gasteiger partial charge in [-0.25, -0.2) is 4.79 Å². The van der Waals surface area contributed by atoms with Gasteiger partial charge < -0.3 is 9.47 Å². The second-order valence-electron chi connectivity index (χ2n) is 8.36. The summed E-state index contributed by atoms with van der Waals surface area (Å²) in [5.41, 5.74) is 5.52. The minimum atomic E-state index is -0.375. The van der Waals surface area contributed by atoms with Crippen molar-refractivity contribution in [2.24, 2.45) is 0 Å². The number of methoxy groups -OCH3 is 1. The molecular formula is C26H28O3. The lowest BCUT2D eigenvalue weighted by atomic mass is 9.85. The van der Waals surface area contributed by atoms with Crippen LogP contribution < -0.4 is 9.47 Å². The van der Waals surface area contributed by atoms with E-state index < -0.39 is 0 Å². The maximum Gasteiger partial charge on any atom is 0.338 e. The number of fused-ring (bicyclic) bond motifs is 6. The van der Waals surface area contributed by atoms with E-state index in [0.717, 1.165) is 41.3 Å². The third-order valence-electron chi connectivity index (χ3n) is 6.00. The molecule has 0 saturated heterocycles. The molecule has 4 rings (SSSR count). The molecule has 29 heavy (non-hydrogen) atoms. The zero-order chi connectivity index (χ0) is 20.7. The molecule has 3 heteroatoms. The Morgan fingerprint density at radius 2 is 1.83 bits per heavy atom. The summed E-state index contributed by atoms with van der Waals surface area (Å²) in [5, 5.41) is 1.92. The van der Waals surface area contributed by atoms with Crippen molar-refractivity contribution in [3.05, 3.63) is 70.8 Å². The molecular weight excluding hydrogens is 360 g/mol. The van der Waals surface area contributed by atoms with Crippen LogP contribution in [0.2, 0.25) is 0 Å². The second-order valence-corrected chi connectivity index (χ2v) is 8.36. The van der Waals surface area contributed by atoms with Gasteiger partial charge in [0, 0.05) is 39.3 Å². The van der Waals surface area contributed by atoms with Gasteiger partial charge in [-0.3, -0.25) is 0 Å². The monoisotopic (exact) mass is 388 g/mol. The second kappa shape index (κ2) is 7.55. The summed E-state index contributed by atoms with van der Waals surface area (Å²) in [5.74, 6) is 1.83. The van der Waals surface area contributed by atoms with Gasteiger partial charge in [-0.05, 0) is 40.0 Å². The number of esters is 1. The van der Waals surface area contributed by atoms with E-state index in [9.17, 15) is 4.79 Å². The standard InChI is InChI=1S/C26H28O3/c1-15(2)9-8-10-17-13-18-14-21(17)23-22(18)24(28-5)19-11-6-7-12-20(19)25(23)29-26(27)16(3)4/h6-7,9,11-13,18,21H,3,8,10,14H2,1-2,4-5H3. The van der Waals surface area contributed by atoms with Crippen LogP contribution in [0.3, 0.4) is 0 Å². The lowest BCUT2D eigenvalue weighted by molar-refractivity contribution is -0.130. The predicted molar refractivity (Wildman–Crippen MR) is 118 cm³/mol. The highest BCUT2D eigenvalue weighted by atomic mass is 16.5. The average molecular weight is 389 g/mol. The summed E-state index contributed by atoms with van der Waals surface area (Å²) in [6, 6.07) is 8.02. The fraction of sp³-hybridized carbons (Fsp3) is 0.346. The lowest BCUT2D eigenvalue weighted by Gasteiger charge is -2.24. The van der Waals surface area contributed by atoms with Gasteiger partial charge >= 0.3 is 5.97 Å². The van der Waals surface area contributed by atoms with Crippen molar-refractivity contribution in [1.82, 2.24) is 0 Å². The van der Waals surface area contributed by atoms with Gasteiger partial charge in [0.25, 0.3) is 0 Å². The number of allylic oxidation sites excluding steroid dienone is 4. The molecule has 0 N–H and O–H groups in total. The molecule has 0 amide bonds. The molecule has 0 heterocycles. The Bertz CT molecular complexity index is 1070. The normalized spacial score (nSPS) is 19.0. The van der Waals surface area contributed by atoms with E-state index in [-0.39, 0.29) is 11.9 Å². The molecule has 0 fully saturated rings.